The number of nitrogens with zero attached hydrogens (tertiary/aromatic N) is 3. The largest absolute Gasteiger partial charge is 0.497 e. The Morgan fingerprint density at radius 3 is 2.31 bits per heavy atom. The van der Waals surface area contributed by atoms with Crippen molar-refractivity contribution >= 4 is 17.4 Å². The first-order chi connectivity index (χ1) is 12.4. The van der Waals surface area contributed by atoms with E-state index in [4.69, 9.17) is 16.3 Å². The molecular weight excluding hydrogens is 367 g/mol. The lowest BCUT2D eigenvalue weighted by atomic mass is 10.2. The maximum absolute atomic E-state index is 12.7. The van der Waals surface area contributed by atoms with Crippen LogP contribution < -0.4 is 9.64 Å². The van der Waals surface area contributed by atoms with Gasteiger partial charge in [-0.15, -0.1) is 0 Å². The standard InChI is InChI=1S/C18H19ClF3N3O/c1-26-15-4-2-13(3-5-15)12-24-6-8-25(9-7-24)17-16(19)10-14(11-23-17)18(20,21)22/h2-5,10-11H,6-9,12H2,1H3. The average Bonchev–Trinajstić information content (AvgIpc) is 2.62. The van der Waals surface area contributed by atoms with Crippen LogP contribution in [0.2, 0.25) is 5.02 Å². The van der Waals surface area contributed by atoms with E-state index in [0.717, 1.165) is 37.6 Å². The minimum atomic E-state index is -4.44. The van der Waals surface area contributed by atoms with Gasteiger partial charge in [0.25, 0.3) is 0 Å². The second kappa shape index (κ2) is 7.72. The van der Waals surface area contributed by atoms with Gasteiger partial charge in [0.05, 0.1) is 17.7 Å². The molecule has 1 aliphatic rings. The van der Waals surface area contributed by atoms with Crippen molar-refractivity contribution in [2.75, 3.05) is 38.2 Å². The van der Waals surface area contributed by atoms with Gasteiger partial charge in [-0.05, 0) is 23.8 Å². The summed E-state index contributed by atoms with van der Waals surface area (Å²) in [6, 6.07) is 8.85. The Hall–Kier alpha value is -1.99. The van der Waals surface area contributed by atoms with E-state index in [1.165, 1.54) is 5.56 Å². The number of alkyl halides is 3. The molecule has 26 heavy (non-hydrogen) atoms. The number of hydrogen-bond acceptors (Lipinski definition) is 4. The Bertz CT molecular complexity index is 744. The predicted octanol–water partition coefficient (Wildman–Crippen LogP) is 4.08. The summed E-state index contributed by atoms with van der Waals surface area (Å²) in [7, 11) is 1.63. The van der Waals surface area contributed by atoms with E-state index >= 15 is 0 Å². The normalized spacial score (nSPS) is 16.0. The topological polar surface area (TPSA) is 28.6 Å². The number of rotatable bonds is 4. The van der Waals surface area contributed by atoms with Crippen molar-refractivity contribution in [1.29, 1.82) is 0 Å². The van der Waals surface area contributed by atoms with E-state index in [1.54, 1.807) is 7.11 Å². The van der Waals surface area contributed by atoms with Crippen LogP contribution in [-0.2, 0) is 12.7 Å². The van der Waals surface area contributed by atoms with Gasteiger partial charge in [0.1, 0.15) is 11.6 Å². The summed E-state index contributed by atoms with van der Waals surface area (Å²) in [6.45, 7) is 3.70. The van der Waals surface area contributed by atoms with E-state index in [2.05, 4.69) is 9.88 Å². The number of methoxy groups -OCH3 is 1. The number of anilines is 1. The van der Waals surface area contributed by atoms with Crippen molar-refractivity contribution in [2.24, 2.45) is 0 Å². The quantitative estimate of drug-likeness (QED) is 0.792. The zero-order valence-corrected chi connectivity index (χ0v) is 15.0. The SMILES string of the molecule is COc1ccc(CN2CCN(c3ncc(C(F)(F)F)cc3Cl)CC2)cc1. The monoisotopic (exact) mass is 385 g/mol. The van der Waals surface area contributed by atoms with Gasteiger partial charge in [0.2, 0.25) is 0 Å². The molecule has 0 spiro atoms. The van der Waals surface area contributed by atoms with Crippen LogP contribution >= 0.6 is 11.6 Å². The van der Waals surface area contributed by atoms with Gasteiger partial charge in [0, 0.05) is 38.9 Å². The first-order valence-electron chi connectivity index (χ1n) is 8.20. The highest BCUT2D eigenvalue weighted by atomic mass is 35.5. The number of pyridine rings is 1. The van der Waals surface area contributed by atoms with Gasteiger partial charge in [0.15, 0.2) is 0 Å². The molecule has 1 aromatic heterocycles. The number of piperazine rings is 1. The van der Waals surface area contributed by atoms with Gasteiger partial charge < -0.3 is 9.64 Å². The summed E-state index contributed by atoms with van der Waals surface area (Å²) >= 11 is 6.03. The molecule has 0 amide bonds. The molecule has 0 N–H and O–H groups in total. The van der Waals surface area contributed by atoms with Crippen molar-refractivity contribution in [3.63, 3.8) is 0 Å². The van der Waals surface area contributed by atoms with Crippen LogP contribution in [0.3, 0.4) is 0 Å². The maximum atomic E-state index is 12.7. The summed E-state index contributed by atoms with van der Waals surface area (Å²) in [5.74, 6) is 1.23. The molecule has 1 aromatic carbocycles. The zero-order valence-electron chi connectivity index (χ0n) is 14.3. The Balaban J connectivity index is 1.59. The first-order valence-corrected chi connectivity index (χ1v) is 8.57. The molecule has 1 fully saturated rings. The van der Waals surface area contributed by atoms with Gasteiger partial charge >= 0.3 is 6.18 Å². The third-order valence-corrected chi connectivity index (χ3v) is 4.66. The van der Waals surface area contributed by atoms with E-state index in [0.29, 0.717) is 18.9 Å². The van der Waals surface area contributed by atoms with E-state index in [9.17, 15) is 13.2 Å². The summed E-state index contributed by atoms with van der Waals surface area (Å²) < 4.78 is 43.3. The Morgan fingerprint density at radius 1 is 1.12 bits per heavy atom. The average molecular weight is 386 g/mol. The van der Waals surface area contributed by atoms with Crippen molar-refractivity contribution < 1.29 is 17.9 Å². The molecule has 0 radical (unpaired) electrons. The zero-order chi connectivity index (χ0) is 18.7. The molecule has 8 heteroatoms. The minimum Gasteiger partial charge on any atom is -0.497 e. The number of hydrogen-bond donors (Lipinski definition) is 0. The summed E-state index contributed by atoms with van der Waals surface area (Å²) in [5, 5.41) is 0.0310. The molecule has 4 nitrogen and oxygen atoms in total. The summed E-state index contributed by atoms with van der Waals surface area (Å²) in [4.78, 5) is 8.15. The highest BCUT2D eigenvalue weighted by Crippen LogP contribution is 2.33. The predicted molar refractivity (Wildman–Crippen MR) is 94.7 cm³/mol. The fourth-order valence-corrected chi connectivity index (χ4v) is 3.21. The highest BCUT2D eigenvalue weighted by Gasteiger charge is 2.32. The van der Waals surface area contributed by atoms with Crippen LogP contribution in [0, 0.1) is 0 Å². The lowest BCUT2D eigenvalue weighted by molar-refractivity contribution is -0.137. The molecule has 1 saturated heterocycles. The first kappa shape index (κ1) is 18.8. The van der Waals surface area contributed by atoms with E-state index < -0.39 is 11.7 Å². The van der Waals surface area contributed by atoms with Gasteiger partial charge in [-0.3, -0.25) is 4.90 Å². The smallest absolute Gasteiger partial charge is 0.417 e. The summed E-state index contributed by atoms with van der Waals surface area (Å²) in [6.07, 6.45) is -3.60. The van der Waals surface area contributed by atoms with Crippen LogP contribution in [0.1, 0.15) is 11.1 Å². The van der Waals surface area contributed by atoms with Gasteiger partial charge in [-0.2, -0.15) is 13.2 Å². The van der Waals surface area contributed by atoms with E-state index in [1.807, 2.05) is 29.2 Å². The molecular formula is C18H19ClF3N3O. The highest BCUT2D eigenvalue weighted by molar-refractivity contribution is 6.33. The lowest BCUT2D eigenvalue weighted by Crippen LogP contribution is -2.46. The molecule has 2 aromatic rings. The number of halogens is 4. The Labute approximate surface area is 155 Å². The lowest BCUT2D eigenvalue weighted by Gasteiger charge is -2.35. The molecule has 0 aliphatic carbocycles. The van der Waals surface area contributed by atoms with Crippen molar-refractivity contribution in [1.82, 2.24) is 9.88 Å². The number of ether oxygens (including phenoxy) is 1. The van der Waals surface area contributed by atoms with Crippen molar-refractivity contribution in [3.8, 4) is 5.75 Å². The Kier molecular flexibility index (Phi) is 5.58. The van der Waals surface area contributed by atoms with Gasteiger partial charge in [-0.1, -0.05) is 23.7 Å². The molecule has 0 bridgehead atoms. The Morgan fingerprint density at radius 2 is 1.77 bits per heavy atom. The third-order valence-electron chi connectivity index (χ3n) is 4.39. The van der Waals surface area contributed by atoms with Crippen LogP contribution in [0.15, 0.2) is 36.5 Å². The maximum Gasteiger partial charge on any atom is 0.417 e. The second-order valence-electron chi connectivity index (χ2n) is 6.14. The molecule has 0 saturated carbocycles. The minimum absolute atomic E-state index is 0.0310. The van der Waals surface area contributed by atoms with Crippen molar-refractivity contribution in [3.05, 3.63) is 52.7 Å². The van der Waals surface area contributed by atoms with Crippen LogP contribution in [0.25, 0.3) is 0 Å². The number of aromatic nitrogens is 1. The molecule has 140 valence electrons. The third kappa shape index (κ3) is 4.40. The van der Waals surface area contributed by atoms with Crippen LogP contribution in [-0.4, -0.2) is 43.2 Å². The molecule has 2 heterocycles. The van der Waals surface area contributed by atoms with Crippen LogP contribution in [0.5, 0.6) is 5.75 Å². The molecule has 3 rings (SSSR count). The number of benzene rings is 1. The fraction of sp³-hybridized carbons (Fsp3) is 0.389. The van der Waals surface area contributed by atoms with Gasteiger partial charge in [-0.25, -0.2) is 4.98 Å². The fourth-order valence-electron chi connectivity index (χ4n) is 2.93. The second-order valence-corrected chi connectivity index (χ2v) is 6.55. The van der Waals surface area contributed by atoms with E-state index in [-0.39, 0.29) is 5.02 Å². The molecule has 0 atom stereocenters. The van der Waals surface area contributed by atoms with Crippen LogP contribution in [0.4, 0.5) is 19.0 Å². The molecule has 0 unspecified atom stereocenters. The van der Waals surface area contributed by atoms with Crippen molar-refractivity contribution in [2.45, 2.75) is 12.7 Å². The summed E-state index contributed by atoms with van der Waals surface area (Å²) in [5.41, 5.74) is 0.356. The molecule has 1 aliphatic heterocycles.